The van der Waals surface area contributed by atoms with E-state index in [2.05, 4.69) is 102 Å². The first-order chi connectivity index (χ1) is 21.1. The molecule has 43 heavy (non-hydrogen) atoms. The Labute approximate surface area is 257 Å². The summed E-state index contributed by atoms with van der Waals surface area (Å²) in [5, 5.41) is 0. The SMILES string of the molecule is CC.CCN(CC)CCCOC1=CC=C(c2cn(-c3ccc(Oc4ccc(-c5ccccc5)cc4)cc3)c(C)n2)CC=C1. The highest BCUT2D eigenvalue weighted by Gasteiger charge is 2.11. The fraction of sp³-hybridized carbons (Fsp3) is 0.289. The van der Waals surface area contributed by atoms with Crippen LogP contribution in [0, 0.1) is 6.92 Å². The van der Waals surface area contributed by atoms with Gasteiger partial charge in [-0.15, -0.1) is 0 Å². The maximum Gasteiger partial charge on any atom is 0.127 e. The van der Waals surface area contributed by atoms with Gasteiger partial charge in [-0.25, -0.2) is 4.98 Å². The van der Waals surface area contributed by atoms with Crippen LogP contribution in [0.15, 0.2) is 115 Å². The standard InChI is InChI=1S/C36H39N3O2.C2H6/c1-4-38(5-2)25-10-26-40-33-14-9-13-31(17-20-33)36-27-39(28(3)37-36)32-18-23-35(24-19-32)41-34-21-15-30(16-22-34)29-11-7-6-8-12-29;1-2/h6-9,11-12,14-24,27H,4-5,10,13,25-26H2,1-3H3;1-2H3. The van der Waals surface area contributed by atoms with Crippen LogP contribution in [0.4, 0.5) is 0 Å². The predicted octanol–water partition coefficient (Wildman–Crippen LogP) is 9.64. The molecule has 0 saturated heterocycles. The molecule has 5 rings (SSSR count). The lowest BCUT2D eigenvalue weighted by Crippen LogP contribution is -2.24. The first kappa shape index (κ1) is 31.6. The van der Waals surface area contributed by atoms with Gasteiger partial charge in [-0.05, 0) is 98.1 Å². The van der Waals surface area contributed by atoms with E-state index in [1.807, 2.05) is 51.1 Å². The summed E-state index contributed by atoms with van der Waals surface area (Å²) in [5.41, 5.74) is 5.56. The average molecular weight is 576 g/mol. The van der Waals surface area contributed by atoms with Gasteiger partial charge in [0.25, 0.3) is 0 Å². The van der Waals surface area contributed by atoms with Crippen LogP contribution in [-0.4, -0.2) is 40.7 Å². The maximum atomic E-state index is 6.11. The van der Waals surface area contributed by atoms with Gasteiger partial charge in [0, 0.05) is 18.4 Å². The molecule has 0 bridgehead atoms. The fourth-order valence-electron chi connectivity index (χ4n) is 4.96. The molecule has 0 amide bonds. The summed E-state index contributed by atoms with van der Waals surface area (Å²) in [5.74, 6) is 3.45. The minimum absolute atomic E-state index is 0.724. The van der Waals surface area contributed by atoms with Crippen molar-refractivity contribution in [3.63, 3.8) is 0 Å². The van der Waals surface area contributed by atoms with Crippen LogP contribution in [0.2, 0.25) is 0 Å². The van der Waals surface area contributed by atoms with Gasteiger partial charge in [0.2, 0.25) is 0 Å². The number of allylic oxidation sites excluding steroid dienone is 5. The summed E-state index contributed by atoms with van der Waals surface area (Å²) in [4.78, 5) is 7.29. The molecule has 1 aromatic heterocycles. The van der Waals surface area contributed by atoms with E-state index in [4.69, 9.17) is 14.5 Å². The molecule has 0 radical (unpaired) electrons. The van der Waals surface area contributed by atoms with Crippen LogP contribution < -0.4 is 4.74 Å². The Morgan fingerprint density at radius 2 is 1.47 bits per heavy atom. The van der Waals surface area contributed by atoms with E-state index in [9.17, 15) is 0 Å². The predicted molar refractivity (Wildman–Crippen MR) is 180 cm³/mol. The Hall–Kier alpha value is -4.35. The fourth-order valence-corrected chi connectivity index (χ4v) is 4.96. The van der Waals surface area contributed by atoms with Crippen molar-refractivity contribution >= 4 is 5.57 Å². The zero-order valence-electron chi connectivity index (χ0n) is 26.3. The number of rotatable bonds is 12. The van der Waals surface area contributed by atoms with Gasteiger partial charge in [-0.1, -0.05) is 82.3 Å². The second-order valence-electron chi connectivity index (χ2n) is 10.1. The number of hydrogen-bond donors (Lipinski definition) is 0. The summed E-state index contributed by atoms with van der Waals surface area (Å²) in [6.45, 7) is 14.4. The van der Waals surface area contributed by atoms with Gasteiger partial charge in [0.05, 0.1) is 12.3 Å². The Bertz CT molecular complexity index is 1490. The lowest BCUT2D eigenvalue weighted by atomic mass is 10.1. The van der Waals surface area contributed by atoms with E-state index in [1.54, 1.807) is 0 Å². The largest absolute Gasteiger partial charge is 0.494 e. The molecule has 5 heteroatoms. The molecule has 1 aliphatic carbocycles. The van der Waals surface area contributed by atoms with Crippen LogP contribution >= 0.6 is 0 Å². The quantitative estimate of drug-likeness (QED) is 0.158. The minimum Gasteiger partial charge on any atom is -0.494 e. The van der Waals surface area contributed by atoms with E-state index >= 15 is 0 Å². The average Bonchev–Trinajstić information content (AvgIpc) is 3.29. The molecular formula is C38H45N3O2. The molecule has 224 valence electrons. The van der Waals surface area contributed by atoms with Gasteiger partial charge >= 0.3 is 0 Å². The zero-order valence-corrected chi connectivity index (χ0v) is 26.3. The number of aromatic nitrogens is 2. The molecule has 4 aromatic rings. The molecule has 0 saturated carbocycles. The van der Waals surface area contributed by atoms with E-state index in [1.165, 1.54) is 16.7 Å². The first-order valence-corrected chi connectivity index (χ1v) is 15.6. The van der Waals surface area contributed by atoms with Crippen molar-refractivity contribution < 1.29 is 9.47 Å². The van der Waals surface area contributed by atoms with Crippen LogP contribution in [-0.2, 0) is 4.74 Å². The highest BCUT2D eigenvalue weighted by Crippen LogP contribution is 2.28. The van der Waals surface area contributed by atoms with Crippen LogP contribution in [0.5, 0.6) is 11.5 Å². The molecule has 0 fully saturated rings. The highest BCUT2D eigenvalue weighted by atomic mass is 16.5. The topological polar surface area (TPSA) is 39.5 Å². The van der Waals surface area contributed by atoms with E-state index in [-0.39, 0.29) is 0 Å². The van der Waals surface area contributed by atoms with E-state index in [0.29, 0.717) is 0 Å². The number of benzene rings is 3. The monoisotopic (exact) mass is 575 g/mol. The molecule has 1 aliphatic rings. The number of hydrogen-bond acceptors (Lipinski definition) is 4. The molecule has 0 spiro atoms. The van der Waals surface area contributed by atoms with Crippen LogP contribution in [0.1, 0.15) is 52.1 Å². The number of aryl methyl sites for hydroxylation is 1. The molecule has 5 nitrogen and oxygen atoms in total. The van der Waals surface area contributed by atoms with Crippen molar-refractivity contribution in [2.24, 2.45) is 0 Å². The molecule has 0 atom stereocenters. The van der Waals surface area contributed by atoms with Crippen LogP contribution in [0.3, 0.4) is 0 Å². The highest BCUT2D eigenvalue weighted by molar-refractivity contribution is 5.67. The van der Waals surface area contributed by atoms with Crippen molar-refractivity contribution in [2.45, 2.75) is 47.5 Å². The van der Waals surface area contributed by atoms with Gasteiger partial charge in [-0.3, -0.25) is 0 Å². The summed E-state index contributed by atoms with van der Waals surface area (Å²) in [6.07, 6.45) is 12.4. The second-order valence-corrected chi connectivity index (χ2v) is 10.1. The van der Waals surface area contributed by atoms with Gasteiger partial charge in [-0.2, -0.15) is 0 Å². The Morgan fingerprint density at radius 1 is 0.814 bits per heavy atom. The third kappa shape index (κ3) is 8.82. The zero-order chi connectivity index (χ0) is 30.4. The summed E-state index contributed by atoms with van der Waals surface area (Å²) >= 11 is 0. The van der Waals surface area contributed by atoms with Gasteiger partial charge in [0.15, 0.2) is 0 Å². The Kier molecular flexibility index (Phi) is 12.0. The van der Waals surface area contributed by atoms with Crippen molar-refractivity contribution in [3.05, 3.63) is 127 Å². The van der Waals surface area contributed by atoms with Crippen LogP contribution in [0.25, 0.3) is 22.4 Å². The van der Waals surface area contributed by atoms with Gasteiger partial charge < -0.3 is 18.9 Å². The summed E-state index contributed by atoms with van der Waals surface area (Å²) in [6, 6.07) is 26.7. The Balaban J connectivity index is 0.00000207. The van der Waals surface area contributed by atoms with Crippen molar-refractivity contribution in [1.82, 2.24) is 14.5 Å². The van der Waals surface area contributed by atoms with E-state index < -0.39 is 0 Å². The van der Waals surface area contributed by atoms with Crippen molar-refractivity contribution in [1.29, 1.82) is 0 Å². The number of ether oxygens (including phenoxy) is 2. The van der Waals surface area contributed by atoms with E-state index in [0.717, 1.165) is 73.5 Å². The second kappa shape index (κ2) is 16.3. The molecule has 1 heterocycles. The number of nitrogens with zero attached hydrogens (tertiary/aromatic N) is 3. The van der Waals surface area contributed by atoms with Gasteiger partial charge in [0.1, 0.15) is 23.1 Å². The molecule has 0 N–H and O–H groups in total. The van der Waals surface area contributed by atoms with Crippen molar-refractivity contribution in [3.8, 4) is 28.3 Å². The third-order valence-electron chi connectivity index (χ3n) is 7.37. The summed E-state index contributed by atoms with van der Waals surface area (Å²) < 4.78 is 14.3. The lowest BCUT2D eigenvalue weighted by molar-refractivity contribution is 0.195. The maximum absolute atomic E-state index is 6.11. The molecule has 0 aliphatic heterocycles. The normalized spacial score (nSPS) is 12.6. The van der Waals surface area contributed by atoms with Crippen molar-refractivity contribution in [2.75, 3.05) is 26.2 Å². The third-order valence-corrected chi connectivity index (χ3v) is 7.37. The Morgan fingerprint density at radius 3 is 2.14 bits per heavy atom. The summed E-state index contributed by atoms with van der Waals surface area (Å²) in [7, 11) is 0. The smallest absolute Gasteiger partial charge is 0.127 e. The minimum atomic E-state index is 0.724. The lowest BCUT2D eigenvalue weighted by Gasteiger charge is -2.17. The molecule has 3 aromatic carbocycles. The molecule has 0 unspecified atom stereocenters. The first-order valence-electron chi connectivity index (χ1n) is 15.6. The number of imidazole rings is 1. The molecular weight excluding hydrogens is 530 g/mol.